The minimum Gasteiger partial charge on any atom is -0.338 e. The number of amides is 1. The van der Waals surface area contributed by atoms with E-state index in [1.165, 1.54) is 6.42 Å². The van der Waals surface area contributed by atoms with Crippen molar-refractivity contribution in [2.45, 2.75) is 31.8 Å². The van der Waals surface area contributed by atoms with Crippen LogP contribution in [-0.2, 0) is 17.8 Å². The first-order valence-corrected chi connectivity index (χ1v) is 9.36. The molecular formula is C17H21N5OS. The Balaban J connectivity index is 1.43. The molecule has 0 saturated carbocycles. The van der Waals surface area contributed by atoms with E-state index in [-0.39, 0.29) is 5.91 Å². The van der Waals surface area contributed by atoms with Gasteiger partial charge in [-0.2, -0.15) is 0 Å². The minimum atomic E-state index is 0.181. The number of hydrogen-bond donors (Lipinski definition) is 0. The molecule has 5 rings (SSSR count). The normalized spacial score (nSPS) is 24.1. The van der Waals surface area contributed by atoms with E-state index in [1.807, 2.05) is 5.51 Å². The maximum absolute atomic E-state index is 12.8. The highest BCUT2D eigenvalue weighted by molar-refractivity contribution is 7.07. The van der Waals surface area contributed by atoms with Gasteiger partial charge in [-0.05, 0) is 18.8 Å². The summed E-state index contributed by atoms with van der Waals surface area (Å²) in [6.07, 6.45) is 7.63. The van der Waals surface area contributed by atoms with E-state index in [2.05, 4.69) is 30.1 Å². The lowest BCUT2D eigenvalue weighted by Gasteiger charge is -2.36. The fraction of sp³-hybridized carbons (Fsp3) is 0.529. The Morgan fingerprint density at radius 2 is 2.12 bits per heavy atom. The summed E-state index contributed by atoms with van der Waals surface area (Å²) in [6.45, 7) is 3.77. The number of rotatable bonds is 4. The van der Waals surface area contributed by atoms with Crippen LogP contribution in [0.4, 0.5) is 0 Å². The number of nitrogens with zero attached hydrogens (tertiary/aromatic N) is 5. The van der Waals surface area contributed by atoms with Crippen LogP contribution in [0.3, 0.4) is 0 Å². The second-order valence-corrected chi connectivity index (χ2v) is 7.41. The fourth-order valence-electron chi connectivity index (χ4n) is 3.84. The van der Waals surface area contributed by atoms with Crippen LogP contribution < -0.4 is 0 Å². The molecule has 0 radical (unpaired) electrons. The van der Waals surface area contributed by atoms with Crippen LogP contribution in [0, 0.1) is 5.92 Å². The first-order chi connectivity index (χ1) is 11.8. The topological polar surface area (TPSA) is 62.2 Å². The second-order valence-electron chi connectivity index (χ2n) is 6.69. The number of fused-ring (bicyclic) bond motifs is 4. The summed E-state index contributed by atoms with van der Waals surface area (Å²) in [5.41, 5.74) is 3.78. The molecule has 3 saturated heterocycles. The molecule has 0 unspecified atom stereocenters. The summed E-state index contributed by atoms with van der Waals surface area (Å²) >= 11 is 1.64. The summed E-state index contributed by atoms with van der Waals surface area (Å²) < 4.78 is 0. The highest BCUT2D eigenvalue weighted by atomic mass is 32.1. The van der Waals surface area contributed by atoms with Gasteiger partial charge in [0, 0.05) is 56.2 Å². The Bertz CT molecular complexity index is 678. The van der Waals surface area contributed by atoms with Crippen molar-refractivity contribution in [3.8, 4) is 0 Å². The molecule has 2 aromatic rings. The van der Waals surface area contributed by atoms with Gasteiger partial charge in [-0.3, -0.25) is 19.7 Å². The molecule has 1 amide bonds. The molecule has 3 aliphatic heterocycles. The number of thiazole rings is 1. The summed E-state index contributed by atoms with van der Waals surface area (Å²) in [5, 5.41) is 2.11. The van der Waals surface area contributed by atoms with Crippen LogP contribution in [0.15, 0.2) is 29.5 Å². The second kappa shape index (κ2) is 6.94. The number of carbonyl (C=O) groups is 1. The third-order valence-corrected chi connectivity index (χ3v) is 5.56. The fourth-order valence-corrected chi connectivity index (χ4v) is 4.39. The molecule has 3 aliphatic rings. The third kappa shape index (κ3) is 3.47. The first-order valence-electron chi connectivity index (χ1n) is 8.41. The van der Waals surface area contributed by atoms with Gasteiger partial charge >= 0.3 is 0 Å². The summed E-state index contributed by atoms with van der Waals surface area (Å²) in [6, 6.07) is 0.312. The van der Waals surface area contributed by atoms with Crippen molar-refractivity contribution in [2.24, 2.45) is 5.92 Å². The molecule has 0 spiro atoms. The maximum atomic E-state index is 12.8. The zero-order chi connectivity index (χ0) is 16.4. The largest absolute Gasteiger partial charge is 0.338 e. The average molecular weight is 343 g/mol. The molecule has 2 atom stereocenters. The van der Waals surface area contributed by atoms with E-state index in [0.717, 1.165) is 44.0 Å². The number of carbonyl (C=O) groups excluding carboxylic acids is 1. The Morgan fingerprint density at radius 1 is 1.17 bits per heavy atom. The summed E-state index contributed by atoms with van der Waals surface area (Å²) in [4.78, 5) is 30.0. The Labute approximate surface area is 145 Å². The van der Waals surface area contributed by atoms with Crippen molar-refractivity contribution in [1.29, 1.82) is 0 Å². The molecular weight excluding hydrogens is 322 g/mol. The molecule has 3 fully saturated rings. The van der Waals surface area contributed by atoms with Gasteiger partial charge in [0.1, 0.15) is 0 Å². The van der Waals surface area contributed by atoms with E-state index in [4.69, 9.17) is 0 Å². The molecule has 6 nitrogen and oxygen atoms in total. The average Bonchev–Trinajstić information content (AvgIpc) is 2.94. The van der Waals surface area contributed by atoms with Gasteiger partial charge in [0.2, 0.25) is 5.91 Å². The van der Waals surface area contributed by atoms with Crippen molar-refractivity contribution in [1.82, 2.24) is 24.8 Å². The zero-order valence-corrected chi connectivity index (χ0v) is 14.4. The summed E-state index contributed by atoms with van der Waals surface area (Å²) in [5.74, 6) is 0.744. The van der Waals surface area contributed by atoms with Gasteiger partial charge in [-0.1, -0.05) is 0 Å². The van der Waals surface area contributed by atoms with Crippen molar-refractivity contribution < 1.29 is 4.79 Å². The Hall–Kier alpha value is -1.86. The lowest BCUT2D eigenvalue weighted by molar-refractivity contribution is -0.134. The van der Waals surface area contributed by atoms with Crippen molar-refractivity contribution >= 4 is 17.2 Å². The van der Waals surface area contributed by atoms with Crippen LogP contribution in [0.5, 0.6) is 0 Å². The highest BCUT2D eigenvalue weighted by Crippen LogP contribution is 2.29. The summed E-state index contributed by atoms with van der Waals surface area (Å²) in [7, 11) is 0. The molecule has 0 N–H and O–H groups in total. The minimum absolute atomic E-state index is 0.181. The number of hydrogen-bond acceptors (Lipinski definition) is 6. The monoisotopic (exact) mass is 343 g/mol. The van der Waals surface area contributed by atoms with Crippen LogP contribution >= 0.6 is 11.3 Å². The van der Waals surface area contributed by atoms with E-state index in [0.29, 0.717) is 18.4 Å². The molecule has 5 heterocycles. The van der Waals surface area contributed by atoms with Gasteiger partial charge in [-0.15, -0.1) is 11.3 Å². The van der Waals surface area contributed by atoms with Gasteiger partial charge in [0.25, 0.3) is 0 Å². The van der Waals surface area contributed by atoms with E-state index >= 15 is 0 Å². The molecule has 0 aliphatic carbocycles. The molecule has 2 aromatic heterocycles. The first kappa shape index (κ1) is 15.7. The molecule has 126 valence electrons. The van der Waals surface area contributed by atoms with Gasteiger partial charge in [0.15, 0.2) is 0 Å². The van der Waals surface area contributed by atoms with Crippen LogP contribution in [0.2, 0.25) is 0 Å². The Kier molecular flexibility index (Phi) is 4.53. The van der Waals surface area contributed by atoms with Crippen molar-refractivity contribution in [3.63, 3.8) is 0 Å². The highest BCUT2D eigenvalue weighted by Gasteiger charge is 2.37. The SMILES string of the molecule is O=C(Cc1cnccn1)N1C[C@@H]2CC[C@H]1CN(Cc1cscn1)C2. The Morgan fingerprint density at radius 3 is 2.92 bits per heavy atom. The molecule has 24 heavy (non-hydrogen) atoms. The number of piperidine rings is 1. The van der Waals surface area contributed by atoms with Crippen molar-refractivity contribution in [3.05, 3.63) is 40.9 Å². The van der Waals surface area contributed by atoms with Gasteiger partial charge < -0.3 is 4.90 Å². The van der Waals surface area contributed by atoms with Crippen LogP contribution in [-0.4, -0.2) is 56.3 Å². The van der Waals surface area contributed by atoms with Crippen LogP contribution in [0.25, 0.3) is 0 Å². The van der Waals surface area contributed by atoms with E-state index in [9.17, 15) is 4.79 Å². The van der Waals surface area contributed by atoms with Crippen molar-refractivity contribution in [2.75, 3.05) is 19.6 Å². The maximum Gasteiger partial charge on any atom is 0.228 e. The lowest BCUT2D eigenvalue weighted by atomic mass is 9.94. The quantitative estimate of drug-likeness (QED) is 0.844. The van der Waals surface area contributed by atoms with E-state index < -0.39 is 0 Å². The smallest absolute Gasteiger partial charge is 0.228 e. The lowest BCUT2D eigenvalue weighted by Crippen LogP contribution is -2.48. The molecule has 2 bridgehead atoms. The van der Waals surface area contributed by atoms with Gasteiger partial charge in [-0.25, -0.2) is 4.98 Å². The standard InChI is InChI=1S/C17H21N5OS/c23-17(5-14-6-18-3-4-19-14)22-8-13-1-2-16(22)10-21(7-13)9-15-11-24-12-20-15/h3-4,6,11-13,16H,1-2,5,7-10H2/t13-,16+/m1/s1. The van der Waals surface area contributed by atoms with Crippen LogP contribution in [0.1, 0.15) is 24.2 Å². The van der Waals surface area contributed by atoms with E-state index in [1.54, 1.807) is 29.9 Å². The predicted molar refractivity (Wildman–Crippen MR) is 91.4 cm³/mol. The predicted octanol–water partition coefficient (Wildman–Crippen LogP) is 1.60. The molecule has 7 heteroatoms. The number of aromatic nitrogens is 3. The third-order valence-electron chi connectivity index (χ3n) is 4.93. The zero-order valence-electron chi connectivity index (χ0n) is 13.5. The van der Waals surface area contributed by atoms with Gasteiger partial charge in [0.05, 0.1) is 23.3 Å². The molecule has 0 aromatic carbocycles.